The molecule has 1 fully saturated rings. The molecule has 5 nitrogen and oxygen atoms in total. The van der Waals surface area contributed by atoms with Gasteiger partial charge in [0.15, 0.2) is 0 Å². The van der Waals surface area contributed by atoms with Crippen LogP contribution in [0, 0.1) is 0 Å². The highest BCUT2D eigenvalue weighted by molar-refractivity contribution is 5.30. The van der Waals surface area contributed by atoms with Crippen LogP contribution in [0.4, 0.5) is 14.7 Å². The third-order valence-electron chi connectivity index (χ3n) is 2.05. The molecule has 0 radical (unpaired) electrons. The monoisotopic (exact) mass is 189 g/mol. The van der Waals surface area contributed by atoms with Crippen molar-refractivity contribution < 1.29 is 8.78 Å². The van der Waals surface area contributed by atoms with Gasteiger partial charge in [-0.15, -0.1) is 0 Å². The third-order valence-corrected chi connectivity index (χ3v) is 2.05. The Hall–Kier alpha value is -1.27. The first-order valence-corrected chi connectivity index (χ1v) is 3.94. The van der Waals surface area contributed by atoms with E-state index >= 15 is 0 Å². The predicted octanol–water partition coefficient (Wildman–Crippen LogP) is 0.0555. The van der Waals surface area contributed by atoms with Crippen molar-refractivity contribution in [2.45, 2.75) is 12.3 Å². The molecule has 1 saturated heterocycles. The maximum Gasteiger partial charge on any atom is 0.267 e. The van der Waals surface area contributed by atoms with Crippen molar-refractivity contribution >= 4 is 5.95 Å². The van der Waals surface area contributed by atoms with Crippen molar-refractivity contribution in [2.75, 3.05) is 18.0 Å². The van der Waals surface area contributed by atoms with Crippen molar-refractivity contribution in [1.82, 2.24) is 20.2 Å². The normalized spacial score (nSPS) is 21.0. The van der Waals surface area contributed by atoms with Crippen molar-refractivity contribution in [3.63, 3.8) is 0 Å². The van der Waals surface area contributed by atoms with Gasteiger partial charge in [-0.2, -0.15) is 0 Å². The van der Waals surface area contributed by atoms with Gasteiger partial charge in [-0.25, -0.2) is 13.5 Å². The average Bonchev–Trinajstić information content (AvgIpc) is 2.56. The van der Waals surface area contributed by atoms with Crippen molar-refractivity contribution in [3.05, 3.63) is 0 Å². The Labute approximate surface area is 73.3 Å². The van der Waals surface area contributed by atoms with Crippen LogP contribution < -0.4 is 4.90 Å². The van der Waals surface area contributed by atoms with E-state index in [-0.39, 0.29) is 13.0 Å². The number of tetrazole rings is 1. The van der Waals surface area contributed by atoms with E-state index in [0.717, 1.165) is 0 Å². The standard InChI is InChI=1S/C6H9F2N5/c1-12-5(9-10-11-12)13-3-2-6(7,8)4-13/h2-4H2,1H3. The zero-order valence-corrected chi connectivity index (χ0v) is 7.11. The summed E-state index contributed by atoms with van der Waals surface area (Å²) >= 11 is 0. The lowest BCUT2D eigenvalue weighted by Crippen LogP contribution is -2.27. The molecular weight excluding hydrogens is 180 g/mol. The molecule has 2 rings (SSSR count). The summed E-state index contributed by atoms with van der Waals surface area (Å²) in [5, 5.41) is 10.6. The number of anilines is 1. The van der Waals surface area contributed by atoms with Gasteiger partial charge < -0.3 is 4.90 Å². The van der Waals surface area contributed by atoms with E-state index in [1.54, 1.807) is 7.05 Å². The van der Waals surface area contributed by atoms with E-state index in [4.69, 9.17) is 0 Å². The van der Waals surface area contributed by atoms with Gasteiger partial charge >= 0.3 is 0 Å². The second-order valence-corrected chi connectivity index (χ2v) is 3.13. The summed E-state index contributed by atoms with van der Waals surface area (Å²) in [6.07, 6.45) is -0.125. The molecule has 1 aliphatic rings. The second-order valence-electron chi connectivity index (χ2n) is 3.13. The molecule has 0 saturated carbocycles. The molecule has 0 N–H and O–H groups in total. The molecule has 0 aromatic carbocycles. The quantitative estimate of drug-likeness (QED) is 0.626. The van der Waals surface area contributed by atoms with E-state index in [0.29, 0.717) is 12.5 Å². The lowest BCUT2D eigenvalue weighted by Gasteiger charge is -2.14. The smallest absolute Gasteiger partial charge is 0.267 e. The fraction of sp³-hybridized carbons (Fsp3) is 0.833. The van der Waals surface area contributed by atoms with Gasteiger partial charge in [0.2, 0.25) is 5.95 Å². The molecule has 0 amide bonds. The maximum absolute atomic E-state index is 12.8. The number of hydrogen-bond donors (Lipinski definition) is 0. The van der Waals surface area contributed by atoms with Gasteiger partial charge in [-0.05, 0) is 10.4 Å². The van der Waals surface area contributed by atoms with Gasteiger partial charge in [-0.1, -0.05) is 5.10 Å². The molecule has 1 aromatic rings. The zero-order valence-electron chi connectivity index (χ0n) is 7.11. The van der Waals surface area contributed by atoms with Crippen LogP contribution in [0.2, 0.25) is 0 Å². The Morgan fingerprint density at radius 3 is 2.69 bits per heavy atom. The van der Waals surface area contributed by atoms with Crippen LogP contribution in [0.3, 0.4) is 0 Å². The number of aromatic nitrogens is 4. The number of hydrogen-bond acceptors (Lipinski definition) is 4. The van der Waals surface area contributed by atoms with Crippen molar-refractivity contribution in [2.24, 2.45) is 7.05 Å². The molecular formula is C6H9F2N5. The largest absolute Gasteiger partial charge is 0.333 e. The lowest BCUT2D eigenvalue weighted by atomic mass is 10.3. The predicted molar refractivity (Wildman–Crippen MR) is 40.6 cm³/mol. The minimum atomic E-state index is -2.61. The molecule has 72 valence electrons. The lowest BCUT2D eigenvalue weighted by molar-refractivity contribution is 0.0256. The van der Waals surface area contributed by atoms with Gasteiger partial charge in [0.25, 0.3) is 5.92 Å². The maximum atomic E-state index is 12.8. The van der Waals surface area contributed by atoms with E-state index in [2.05, 4.69) is 15.5 Å². The SMILES string of the molecule is Cn1nnnc1N1CCC(F)(F)C1. The Kier molecular flexibility index (Phi) is 1.67. The first-order valence-electron chi connectivity index (χ1n) is 3.94. The summed E-state index contributed by atoms with van der Waals surface area (Å²) in [5.74, 6) is -2.21. The molecule has 1 aliphatic heterocycles. The first kappa shape index (κ1) is 8.33. The summed E-state index contributed by atoms with van der Waals surface area (Å²) < 4.78 is 27.0. The average molecular weight is 189 g/mol. The molecule has 0 atom stereocenters. The molecule has 0 unspecified atom stereocenters. The first-order chi connectivity index (χ1) is 6.08. The van der Waals surface area contributed by atoms with E-state index in [1.807, 2.05) is 0 Å². The van der Waals surface area contributed by atoms with E-state index in [9.17, 15) is 8.78 Å². The molecule has 2 heterocycles. The number of halogens is 2. The topological polar surface area (TPSA) is 46.8 Å². The molecule has 7 heteroatoms. The second kappa shape index (κ2) is 2.61. The van der Waals surface area contributed by atoms with Gasteiger partial charge in [-0.3, -0.25) is 0 Å². The highest BCUT2D eigenvalue weighted by Gasteiger charge is 2.39. The van der Waals surface area contributed by atoms with Gasteiger partial charge in [0.05, 0.1) is 6.54 Å². The Morgan fingerprint density at radius 1 is 1.46 bits per heavy atom. The van der Waals surface area contributed by atoms with Crippen LogP contribution in [0.1, 0.15) is 6.42 Å². The minimum Gasteiger partial charge on any atom is -0.333 e. The summed E-state index contributed by atoms with van der Waals surface area (Å²) in [6, 6.07) is 0. The number of alkyl halides is 2. The van der Waals surface area contributed by atoms with Gasteiger partial charge in [0.1, 0.15) is 0 Å². The Bertz CT molecular complexity index is 310. The van der Waals surface area contributed by atoms with E-state index in [1.165, 1.54) is 9.58 Å². The summed E-state index contributed by atoms with van der Waals surface area (Å²) in [7, 11) is 1.63. The fourth-order valence-corrected chi connectivity index (χ4v) is 1.40. The fourth-order valence-electron chi connectivity index (χ4n) is 1.40. The van der Waals surface area contributed by atoms with Crippen molar-refractivity contribution in [1.29, 1.82) is 0 Å². The third kappa shape index (κ3) is 1.45. The number of nitrogens with zero attached hydrogens (tertiary/aromatic N) is 5. The zero-order chi connectivity index (χ0) is 9.47. The molecule has 0 spiro atoms. The minimum absolute atomic E-state index is 0.125. The highest BCUT2D eigenvalue weighted by Crippen LogP contribution is 2.28. The molecule has 0 bridgehead atoms. The van der Waals surface area contributed by atoms with Crippen LogP contribution in [0.15, 0.2) is 0 Å². The van der Waals surface area contributed by atoms with Gasteiger partial charge in [0, 0.05) is 20.0 Å². The van der Waals surface area contributed by atoms with Crippen LogP contribution in [-0.2, 0) is 7.05 Å². The van der Waals surface area contributed by atoms with Crippen LogP contribution in [0.25, 0.3) is 0 Å². The molecule has 0 aliphatic carbocycles. The van der Waals surface area contributed by atoms with Crippen LogP contribution in [0.5, 0.6) is 0 Å². The van der Waals surface area contributed by atoms with Crippen LogP contribution >= 0.6 is 0 Å². The van der Waals surface area contributed by atoms with E-state index < -0.39 is 5.92 Å². The Morgan fingerprint density at radius 2 is 2.23 bits per heavy atom. The number of aryl methyl sites for hydroxylation is 1. The summed E-state index contributed by atoms with van der Waals surface area (Å²) in [6.45, 7) is 0.0163. The van der Waals surface area contributed by atoms with Crippen LogP contribution in [-0.4, -0.2) is 39.2 Å². The Balaban J connectivity index is 2.17. The molecule has 13 heavy (non-hydrogen) atoms. The highest BCUT2D eigenvalue weighted by atomic mass is 19.3. The summed E-state index contributed by atoms with van der Waals surface area (Å²) in [5.41, 5.74) is 0. The molecule has 1 aromatic heterocycles. The number of rotatable bonds is 1. The summed E-state index contributed by atoms with van der Waals surface area (Å²) in [4.78, 5) is 1.49. The van der Waals surface area contributed by atoms with Crippen molar-refractivity contribution in [3.8, 4) is 0 Å².